The largest absolute Gasteiger partial charge is 1.00 e. The number of carbonyl (C=O) groups excluding carboxylic acids is 2. The van der Waals surface area contributed by atoms with Crippen LogP contribution < -0.4 is 74.2 Å². The molecule has 0 heterocycles. The Morgan fingerprint density at radius 2 is 1.50 bits per heavy atom. The number of carboxylic acid groups (broad SMARTS) is 1. The van der Waals surface area contributed by atoms with E-state index in [0.717, 1.165) is 16.7 Å². The molecule has 0 saturated heterocycles. The number of esters is 1. The minimum absolute atomic E-state index is 0. The summed E-state index contributed by atoms with van der Waals surface area (Å²) in [5.41, 5.74) is 2.56. The minimum atomic E-state index is -1.11. The van der Waals surface area contributed by atoms with Gasteiger partial charge in [0, 0.05) is 6.42 Å². The number of carboxylic acids is 1. The van der Waals surface area contributed by atoms with E-state index in [9.17, 15) is 14.4 Å². The van der Waals surface area contributed by atoms with Crippen LogP contribution in [0, 0.1) is 7.43 Å². The van der Waals surface area contributed by atoms with Crippen molar-refractivity contribution in [3.05, 3.63) is 67.1 Å². The summed E-state index contributed by atoms with van der Waals surface area (Å²) in [5, 5.41) is 11.2. The average molecular weight is 773 g/mol. The molecule has 2 rings (SSSR count). The van der Waals surface area contributed by atoms with Gasteiger partial charge in [0.05, 0.1) is 5.56 Å². The van der Waals surface area contributed by atoms with Crippen LogP contribution in [0.25, 0.3) is 11.1 Å². The van der Waals surface area contributed by atoms with Crippen LogP contribution in [-0.4, -0.2) is 35.1 Å². The normalized spacial score (nSPS) is 10.9. The van der Waals surface area contributed by atoms with Gasteiger partial charge in [-0.15, -0.1) is 0 Å². The van der Waals surface area contributed by atoms with Crippen LogP contribution in [-0.2, 0) is 20.7 Å². The van der Waals surface area contributed by atoms with Crippen molar-refractivity contribution in [3.8, 4) is 11.1 Å². The van der Waals surface area contributed by atoms with E-state index in [4.69, 9.17) is 9.84 Å². The van der Waals surface area contributed by atoms with Crippen LogP contribution in [0.4, 0.5) is 0 Å². The number of hydrogen-bond donors (Lipinski definition) is 2. The zero-order valence-electron chi connectivity index (χ0n) is 17.8. The summed E-state index contributed by atoms with van der Waals surface area (Å²) in [5.74, 6) is -1.48. The monoisotopic (exact) mass is 773 g/mol. The molecule has 0 aliphatic heterocycles. The molecule has 2 aromatic carbocycles. The van der Waals surface area contributed by atoms with Crippen molar-refractivity contribution in [2.75, 3.05) is 0 Å². The van der Waals surface area contributed by atoms with Crippen LogP contribution >= 0.6 is 0 Å². The number of amides is 1. The average Bonchev–Trinajstić information content (AvgIpc) is 2.60. The van der Waals surface area contributed by atoms with Crippen molar-refractivity contribution in [1.29, 1.82) is 0 Å². The van der Waals surface area contributed by atoms with Gasteiger partial charge in [0.2, 0.25) is 0 Å². The molecule has 0 bridgehead atoms. The molecule has 0 fully saturated rings. The van der Waals surface area contributed by atoms with Crippen LogP contribution in [0.2, 0.25) is 0 Å². The Kier molecular flexibility index (Phi) is 13.3. The van der Waals surface area contributed by atoms with Crippen LogP contribution in [0.3, 0.4) is 0 Å². The summed E-state index contributed by atoms with van der Waals surface area (Å²) in [4.78, 5) is 33.5. The van der Waals surface area contributed by atoms with Crippen LogP contribution in [0.1, 0.15) is 36.7 Å². The van der Waals surface area contributed by atoms with Gasteiger partial charge in [0.25, 0.3) is 0 Å². The summed E-state index contributed by atoms with van der Waals surface area (Å²) < 4.78 is 5.34. The first kappa shape index (κ1) is 30.1. The number of nitrogens with one attached hydrogen (secondary N) is 1. The zero-order valence-corrected chi connectivity index (χ0v) is 26.5. The Morgan fingerprint density at radius 1 is 1.03 bits per heavy atom. The first-order chi connectivity index (χ1) is 12.7. The number of aliphatic carboxylic acids is 1. The van der Waals surface area contributed by atoms with Crippen molar-refractivity contribution >= 4 is 18.3 Å². The van der Waals surface area contributed by atoms with Gasteiger partial charge in [-0.1, -0.05) is 36.4 Å². The fraction of sp³-hybridized carbons (Fsp3) is 0.273. The van der Waals surface area contributed by atoms with Crippen LogP contribution in [0.5, 0.6) is 0 Å². The van der Waals surface area contributed by atoms with E-state index in [-0.39, 0.29) is 88.7 Å². The molecular formula is C22H25CsFmNO5-. The summed E-state index contributed by atoms with van der Waals surface area (Å²) in [7, 11) is 0. The standard InChI is InChI=1S/C21H22NO5.CH3.Cs.Fm/c1-21(2,3)27-20(26)17-10-8-16(9-11-17)15-6-4-14(5-7-15)12-18(19(24)25)22-13-23;;;/h4-11,18H,12H2,1-3H3,(H,22,23)(H,24,25);1H3;;/q2*-1;+1;/t18-;;;/m0.../s1. The summed E-state index contributed by atoms with van der Waals surface area (Å²) in [6.45, 7) is 5.45. The van der Waals surface area contributed by atoms with Gasteiger partial charge < -0.3 is 27.4 Å². The van der Waals surface area contributed by atoms with Crippen molar-refractivity contribution in [2.45, 2.75) is 38.8 Å². The van der Waals surface area contributed by atoms with Crippen molar-refractivity contribution < 1.29 is 93.1 Å². The Hall–Kier alpha value is -2.10. The first-order valence-electron chi connectivity index (χ1n) is 8.48. The molecule has 1 amide bonds. The number of benzene rings is 2. The fourth-order valence-corrected chi connectivity index (χ4v) is 2.48. The van der Waals surface area contributed by atoms with E-state index in [2.05, 4.69) is 5.32 Å². The zero-order chi connectivity index (χ0) is 20.0. The molecule has 6 nitrogen and oxygen atoms in total. The Bertz CT molecular complexity index is 817. The molecule has 2 aromatic rings. The van der Waals surface area contributed by atoms with Gasteiger partial charge in [-0.2, -0.15) is 6.41 Å². The maximum Gasteiger partial charge on any atom is 1.00 e. The predicted molar refractivity (Wildman–Crippen MR) is 107 cm³/mol. The molecule has 0 radical (unpaired) electrons. The summed E-state index contributed by atoms with van der Waals surface area (Å²) in [6.07, 6.45) is 1.59. The predicted octanol–water partition coefficient (Wildman–Crippen LogP) is 0.416. The molecule has 8 heteroatoms. The molecule has 0 spiro atoms. The molecule has 162 valence electrons. The Balaban J connectivity index is 0. The molecule has 0 saturated carbocycles. The molecule has 0 aromatic heterocycles. The van der Waals surface area contributed by atoms with Gasteiger partial charge in [-0.3, -0.25) is 4.79 Å². The third-order valence-corrected chi connectivity index (χ3v) is 3.78. The molecule has 0 unspecified atom stereocenters. The van der Waals surface area contributed by atoms with E-state index in [1.165, 1.54) is 6.41 Å². The van der Waals surface area contributed by atoms with Crippen molar-refractivity contribution in [2.24, 2.45) is 0 Å². The van der Waals surface area contributed by atoms with Gasteiger partial charge in [-0.05, 0) is 49.6 Å². The molecule has 30 heavy (non-hydrogen) atoms. The van der Waals surface area contributed by atoms with E-state index >= 15 is 0 Å². The Morgan fingerprint density at radius 3 is 1.90 bits per heavy atom. The first-order valence-corrected chi connectivity index (χ1v) is 8.48. The SMILES string of the molecule is CC(C)(C)OC(=O)c1ccc(-c2ccc(C[C@H](N[C-]=O)C(=O)O)cc2)cc1.[CH3-].[Cs+].[Fm]. The van der Waals surface area contributed by atoms with Crippen molar-refractivity contribution in [3.63, 3.8) is 0 Å². The number of rotatable bonds is 7. The van der Waals surface area contributed by atoms with E-state index in [1.54, 1.807) is 24.3 Å². The quantitative estimate of drug-likeness (QED) is 0.242. The second-order valence-electron chi connectivity index (χ2n) is 7.12. The second-order valence-corrected chi connectivity index (χ2v) is 7.12. The van der Waals surface area contributed by atoms with Crippen molar-refractivity contribution in [1.82, 2.24) is 5.32 Å². The number of ether oxygens (including phenoxy) is 1. The van der Waals surface area contributed by atoms with Gasteiger partial charge >= 0.3 is 80.8 Å². The Labute approximate surface area is 230 Å². The topological polar surface area (TPSA) is 92.7 Å². The van der Waals surface area contributed by atoms with Crippen LogP contribution in [0.15, 0.2) is 48.5 Å². The molecular weight excluding hydrogens is 748 g/mol. The van der Waals surface area contributed by atoms with Gasteiger partial charge in [0.15, 0.2) is 0 Å². The third kappa shape index (κ3) is 9.15. The van der Waals surface area contributed by atoms with Gasteiger partial charge in [-0.25, -0.2) is 4.79 Å². The van der Waals surface area contributed by atoms with Gasteiger partial charge in [0.1, 0.15) is 11.6 Å². The maximum absolute atomic E-state index is 12.1. The summed E-state index contributed by atoms with van der Waals surface area (Å²) in [6, 6.07) is 13.4. The molecule has 0 aliphatic carbocycles. The minimum Gasteiger partial charge on any atom is -0.520 e. The maximum atomic E-state index is 12.1. The smallest absolute Gasteiger partial charge is 0.520 e. The summed E-state index contributed by atoms with van der Waals surface area (Å²) >= 11 is 0. The third-order valence-electron chi connectivity index (χ3n) is 3.78. The fourth-order valence-electron chi connectivity index (χ4n) is 2.48. The molecule has 1 atom stereocenters. The van der Waals surface area contributed by atoms with E-state index < -0.39 is 17.6 Å². The van der Waals surface area contributed by atoms with E-state index in [0.29, 0.717) is 5.56 Å². The second kappa shape index (κ2) is 13.3. The molecule has 0 aliphatic rings. The number of carbonyl (C=O) groups is 2. The molecule has 2 N–H and O–H groups in total. The van der Waals surface area contributed by atoms with E-state index in [1.807, 2.05) is 45.0 Å². The number of hydrogen-bond acceptors (Lipinski definition) is 4.